The maximum atomic E-state index is 12.2. The molecule has 1 N–H and O–H groups in total. The van der Waals surface area contributed by atoms with Crippen LogP contribution >= 0.6 is 11.6 Å². The minimum absolute atomic E-state index is 0.176. The minimum atomic E-state index is -0.777. The van der Waals surface area contributed by atoms with E-state index in [0.29, 0.717) is 17.1 Å². The van der Waals surface area contributed by atoms with Crippen molar-refractivity contribution in [2.45, 2.75) is 37.1 Å². The SMILES string of the molecule is COc1ccc(OC)c(C(Cl)C(=O)NC2CCCC2)c1. The first-order chi connectivity index (χ1) is 9.65. The van der Waals surface area contributed by atoms with Crippen molar-refractivity contribution in [1.82, 2.24) is 5.32 Å². The lowest BCUT2D eigenvalue weighted by atomic mass is 10.1. The summed E-state index contributed by atoms with van der Waals surface area (Å²) in [4.78, 5) is 12.2. The van der Waals surface area contributed by atoms with Crippen molar-refractivity contribution in [2.75, 3.05) is 14.2 Å². The highest BCUT2D eigenvalue weighted by Crippen LogP contribution is 2.33. The Hall–Kier alpha value is -1.42. The summed E-state index contributed by atoms with van der Waals surface area (Å²) >= 11 is 6.30. The Morgan fingerprint density at radius 2 is 2.00 bits per heavy atom. The van der Waals surface area contributed by atoms with E-state index in [1.165, 1.54) is 12.8 Å². The number of ether oxygens (including phenoxy) is 2. The fourth-order valence-electron chi connectivity index (χ4n) is 2.52. The lowest BCUT2D eigenvalue weighted by Crippen LogP contribution is -2.35. The van der Waals surface area contributed by atoms with Gasteiger partial charge < -0.3 is 14.8 Å². The van der Waals surface area contributed by atoms with E-state index >= 15 is 0 Å². The van der Waals surface area contributed by atoms with Gasteiger partial charge in [0.05, 0.1) is 14.2 Å². The van der Waals surface area contributed by atoms with E-state index in [4.69, 9.17) is 21.1 Å². The summed E-state index contributed by atoms with van der Waals surface area (Å²) < 4.78 is 10.4. The average Bonchev–Trinajstić information content (AvgIpc) is 2.98. The van der Waals surface area contributed by atoms with Crippen molar-refractivity contribution in [3.05, 3.63) is 23.8 Å². The van der Waals surface area contributed by atoms with Gasteiger partial charge in [0.15, 0.2) is 0 Å². The number of rotatable bonds is 5. The molecule has 20 heavy (non-hydrogen) atoms. The zero-order chi connectivity index (χ0) is 14.5. The lowest BCUT2D eigenvalue weighted by molar-refractivity contribution is -0.121. The highest BCUT2D eigenvalue weighted by atomic mass is 35.5. The second-order valence-electron chi connectivity index (χ2n) is 4.96. The molecule has 1 aromatic rings. The highest BCUT2D eigenvalue weighted by Gasteiger charge is 2.25. The van der Waals surface area contributed by atoms with E-state index in [1.807, 2.05) is 0 Å². The molecule has 0 bridgehead atoms. The molecule has 5 heteroatoms. The second-order valence-corrected chi connectivity index (χ2v) is 5.40. The molecular weight excluding hydrogens is 278 g/mol. The Balaban J connectivity index is 2.13. The molecule has 1 aliphatic rings. The molecule has 1 atom stereocenters. The first-order valence-electron chi connectivity index (χ1n) is 6.82. The van der Waals surface area contributed by atoms with Crippen molar-refractivity contribution in [2.24, 2.45) is 0 Å². The van der Waals surface area contributed by atoms with Gasteiger partial charge >= 0.3 is 0 Å². The van der Waals surface area contributed by atoms with Crippen LogP contribution in [0.2, 0.25) is 0 Å². The van der Waals surface area contributed by atoms with Crippen molar-refractivity contribution in [3.8, 4) is 11.5 Å². The van der Waals surface area contributed by atoms with Crippen LogP contribution in [-0.4, -0.2) is 26.2 Å². The molecule has 0 aromatic heterocycles. The highest BCUT2D eigenvalue weighted by molar-refractivity contribution is 6.31. The van der Waals surface area contributed by atoms with Crippen LogP contribution in [0.25, 0.3) is 0 Å². The lowest BCUT2D eigenvalue weighted by Gasteiger charge is -2.18. The molecular formula is C15H20ClNO3. The molecule has 0 heterocycles. The first kappa shape index (κ1) is 15.0. The fraction of sp³-hybridized carbons (Fsp3) is 0.533. The molecule has 1 amide bonds. The maximum absolute atomic E-state index is 12.2. The van der Waals surface area contributed by atoms with Crippen LogP contribution in [0.3, 0.4) is 0 Å². The van der Waals surface area contributed by atoms with Crippen LogP contribution in [0.5, 0.6) is 11.5 Å². The summed E-state index contributed by atoms with van der Waals surface area (Å²) in [7, 11) is 3.14. The summed E-state index contributed by atoms with van der Waals surface area (Å²) in [6, 6.07) is 5.53. The first-order valence-corrected chi connectivity index (χ1v) is 7.25. The Bertz CT molecular complexity index is 472. The van der Waals surface area contributed by atoms with Crippen LogP contribution in [0, 0.1) is 0 Å². The van der Waals surface area contributed by atoms with Gasteiger partial charge in [0.25, 0.3) is 0 Å². The largest absolute Gasteiger partial charge is 0.497 e. The third-order valence-corrected chi connectivity index (χ3v) is 4.07. The number of halogens is 1. The normalized spacial score (nSPS) is 16.8. The summed E-state index contributed by atoms with van der Waals surface area (Å²) in [6.45, 7) is 0. The number of carbonyl (C=O) groups is 1. The molecule has 0 spiro atoms. The van der Waals surface area contributed by atoms with Crippen molar-refractivity contribution in [1.29, 1.82) is 0 Å². The molecule has 0 aliphatic heterocycles. The number of hydrogen-bond donors (Lipinski definition) is 1. The van der Waals surface area contributed by atoms with Crippen LogP contribution in [-0.2, 0) is 4.79 Å². The molecule has 1 aliphatic carbocycles. The van der Waals surface area contributed by atoms with E-state index in [9.17, 15) is 4.79 Å². The van der Waals surface area contributed by atoms with Gasteiger partial charge in [0.2, 0.25) is 5.91 Å². The zero-order valence-corrected chi connectivity index (χ0v) is 12.6. The summed E-state index contributed by atoms with van der Waals surface area (Å²) in [5.41, 5.74) is 0.629. The molecule has 0 saturated heterocycles. The van der Waals surface area contributed by atoms with Crippen molar-refractivity contribution in [3.63, 3.8) is 0 Å². The van der Waals surface area contributed by atoms with E-state index in [2.05, 4.69) is 5.32 Å². The molecule has 2 rings (SSSR count). The molecule has 1 aromatic carbocycles. The summed E-state index contributed by atoms with van der Waals surface area (Å²) in [5.74, 6) is 1.07. The summed E-state index contributed by atoms with van der Waals surface area (Å²) in [6.07, 6.45) is 4.40. The molecule has 0 radical (unpaired) electrons. The topological polar surface area (TPSA) is 47.6 Å². The van der Waals surface area contributed by atoms with Crippen LogP contribution < -0.4 is 14.8 Å². The van der Waals surface area contributed by atoms with Gasteiger partial charge in [-0.3, -0.25) is 4.79 Å². The number of benzene rings is 1. The van der Waals surface area contributed by atoms with E-state index in [1.54, 1.807) is 32.4 Å². The number of carbonyl (C=O) groups excluding carboxylic acids is 1. The Morgan fingerprint density at radius 1 is 1.30 bits per heavy atom. The standard InChI is InChI=1S/C15H20ClNO3/c1-19-11-7-8-13(20-2)12(9-11)14(16)15(18)17-10-5-3-4-6-10/h7-10,14H,3-6H2,1-2H3,(H,17,18). The van der Waals surface area contributed by atoms with E-state index < -0.39 is 5.38 Å². The number of alkyl halides is 1. The average molecular weight is 298 g/mol. The Labute approximate surface area is 124 Å². The van der Waals surface area contributed by atoms with Crippen LogP contribution in [0.15, 0.2) is 18.2 Å². The second kappa shape index (κ2) is 6.84. The van der Waals surface area contributed by atoms with Crippen LogP contribution in [0.1, 0.15) is 36.6 Å². The minimum Gasteiger partial charge on any atom is -0.497 e. The quantitative estimate of drug-likeness (QED) is 0.850. The van der Waals surface area contributed by atoms with Gasteiger partial charge in [-0.15, -0.1) is 11.6 Å². The van der Waals surface area contributed by atoms with Gasteiger partial charge in [-0.05, 0) is 31.0 Å². The third-order valence-electron chi connectivity index (χ3n) is 3.64. The predicted octanol–water partition coefficient (Wildman–Crippen LogP) is 3.04. The van der Waals surface area contributed by atoms with Gasteiger partial charge in [-0.25, -0.2) is 0 Å². The van der Waals surface area contributed by atoms with Gasteiger partial charge in [0.1, 0.15) is 16.9 Å². The van der Waals surface area contributed by atoms with E-state index in [-0.39, 0.29) is 11.9 Å². The maximum Gasteiger partial charge on any atom is 0.242 e. The van der Waals surface area contributed by atoms with Gasteiger partial charge in [-0.1, -0.05) is 12.8 Å². The number of methoxy groups -OCH3 is 2. The van der Waals surface area contributed by atoms with Crippen molar-refractivity contribution < 1.29 is 14.3 Å². The number of nitrogens with one attached hydrogen (secondary N) is 1. The molecule has 110 valence electrons. The summed E-state index contributed by atoms with van der Waals surface area (Å²) in [5, 5.41) is 2.22. The molecule has 1 unspecified atom stereocenters. The third kappa shape index (κ3) is 3.37. The van der Waals surface area contributed by atoms with Gasteiger partial charge in [0, 0.05) is 11.6 Å². The smallest absolute Gasteiger partial charge is 0.242 e. The van der Waals surface area contributed by atoms with Crippen LogP contribution in [0.4, 0.5) is 0 Å². The van der Waals surface area contributed by atoms with Gasteiger partial charge in [-0.2, -0.15) is 0 Å². The monoisotopic (exact) mass is 297 g/mol. The van der Waals surface area contributed by atoms with E-state index in [0.717, 1.165) is 12.8 Å². The predicted molar refractivity (Wildman–Crippen MR) is 78.5 cm³/mol. The number of amides is 1. The Morgan fingerprint density at radius 3 is 2.60 bits per heavy atom. The fourth-order valence-corrected chi connectivity index (χ4v) is 2.76. The molecule has 1 fully saturated rings. The zero-order valence-electron chi connectivity index (χ0n) is 11.8. The molecule has 4 nitrogen and oxygen atoms in total. The Kier molecular flexibility index (Phi) is 5.12. The number of hydrogen-bond acceptors (Lipinski definition) is 3. The molecule has 1 saturated carbocycles. The van der Waals surface area contributed by atoms with Crippen molar-refractivity contribution >= 4 is 17.5 Å².